The lowest BCUT2D eigenvalue weighted by Gasteiger charge is -2.21. The molecule has 3 rings (SSSR count). The van der Waals surface area contributed by atoms with Gasteiger partial charge >= 0.3 is 5.97 Å². The minimum absolute atomic E-state index is 0.0276. The van der Waals surface area contributed by atoms with E-state index < -0.39 is 5.97 Å². The van der Waals surface area contributed by atoms with Crippen LogP contribution in [-0.2, 0) is 14.3 Å². The molecule has 26 heavy (non-hydrogen) atoms. The Balaban J connectivity index is 2.14. The van der Waals surface area contributed by atoms with Crippen LogP contribution in [0.4, 0.5) is 0 Å². The largest absolute Gasteiger partial charge is 0.508 e. The fourth-order valence-electron chi connectivity index (χ4n) is 2.61. The van der Waals surface area contributed by atoms with Gasteiger partial charge in [0.15, 0.2) is 0 Å². The molecule has 4 N–H and O–H groups in total. The van der Waals surface area contributed by atoms with E-state index in [2.05, 4.69) is 0 Å². The quantitative estimate of drug-likeness (QED) is 0.625. The van der Waals surface area contributed by atoms with Gasteiger partial charge in [0.25, 0.3) is 5.95 Å². The molecule has 0 radical (unpaired) electrons. The van der Waals surface area contributed by atoms with Crippen molar-refractivity contribution in [1.82, 2.24) is 0 Å². The third-order valence-electron chi connectivity index (χ3n) is 3.62. The molecular weight excluding hydrogens is 340 g/mol. The molecule has 0 atom stereocenters. The van der Waals surface area contributed by atoms with E-state index in [0.717, 1.165) is 6.07 Å². The smallest absolute Gasteiger partial charge is 0.310 e. The maximum absolute atomic E-state index is 11.3. The molecule has 0 saturated carbocycles. The summed E-state index contributed by atoms with van der Waals surface area (Å²) < 4.78 is 10.6. The number of carbonyl (C=O) groups is 1. The summed E-state index contributed by atoms with van der Waals surface area (Å²) in [5, 5.41) is 38.8. The number of ether oxygens (including phenoxy) is 2. The highest BCUT2D eigenvalue weighted by Crippen LogP contribution is 2.36. The zero-order chi connectivity index (χ0) is 18.8. The Bertz CT molecular complexity index is 900. The highest BCUT2D eigenvalue weighted by Gasteiger charge is 2.21. The lowest BCUT2D eigenvalue weighted by molar-refractivity contribution is -0.141. The Morgan fingerprint density at radius 1 is 0.885 bits per heavy atom. The summed E-state index contributed by atoms with van der Waals surface area (Å²) in [5.74, 6) is -1.25. The molecule has 0 spiro atoms. The average molecular weight is 356 g/mol. The van der Waals surface area contributed by atoms with Gasteiger partial charge in [0, 0.05) is 19.1 Å². The van der Waals surface area contributed by atoms with Gasteiger partial charge in [-0.3, -0.25) is 4.79 Å². The number of aromatic hydroxyl groups is 4. The summed E-state index contributed by atoms with van der Waals surface area (Å²) in [6, 6.07) is 8.01. The van der Waals surface area contributed by atoms with E-state index in [1.807, 2.05) is 0 Å². The standard InChI is InChI=1S/C19H16O7/c1-10(20)26-19-18(12-4-16(23)8-17(24)5-12)6-13(9-25-19)11-2-14(21)7-15(22)3-11/h2-8,21-24H,9H2,1H3. The number of carbonyl (C=O) groups excluding carboxylic acids is 1. The zero-order valence-electron chi connectivity index (χ0n) is 13.8. The second kappa shape index (κ2) is 6.72. The van der Waals surface area contributed by atoms with Crippen LogP contribution in [0, 0.1) is 0 Å². The van der Waals surface area contributed by atoms with Crippen LogP contribution < -0.4 is 0 Å². The number of rotatable bonds is 3. The number of phenolic OH excluding ortho intramolecular Hbond substituents is 4. The average Bonchev–Trinajstić information content (AvgIpc) is 2.52. The van der Waals surface area contributed by atoms with Crippen LogP contribution in [-0.4, -0.2) is 33.0 Å². The predicted molar refractivity (Wildman–Crippen MR) is 92.2 cm³/mol. The van der Waals surface area contributed by atoms with Crippen LogP contribution >= 0.6 is 0 Å². The fourth-order valence-corrected chi connectivity index (χ4v) is 2.61. The van der Waals surface area contributed by atoms with Crippen LogP contribution in [0.5, 0.6) is 23.0 Å². The molecule has 0 fully saturated rings. The maximum atomic E-state index is 11.3. The summed E-state index contributed by atoms with van der Waals surface area (Å²) in [7, 11) is 0. The van der Waals surface area contributed by atoms with E-state index in [1.165, 1.54) is 37.3 Å². The summed E-state index contributed by atoms with van der Waals surface area (Å²) in [6.07, 6.45) is 1.63. The fraction of sp³-hybridized carbons (Fsp3) is 0.105. The Morgan fingerprint density at radius 2 is 1.38 bits per heavy atom. The van der Waals surface area contributed by atoms with Crippen molar-refractivity contribution < 1.29 is 34.7 Å². The van der Waals surface area contributed by atoms with Crippen LogP contribution in [0.25, 0.3) is 11.1 Å². The van der Waals surface area contributed by atoms with Crippen LogP contribution in [0.2, 0.25) is 0 Å². The minimum Gasteiger partial charge on any atom is -0.508 e. The molecular formula is C19H16O7. The first-order valence-corrected chi connectivity index (χ1v) is 7.64. The van der Waals surface area contributed by atoms with Crippen LogP contribution in [0.15, 0.2) is 48.4 Å². The zero-order valence-corrected chi connectivity index (χ0v) is 13.8. The Labute approximate surface area is 148 Å². The van der Waals surface area contributed by atoms with E-state index in [-0.39, 0.29) is 35.6 Å². The molecule has 0 bridgehead atoms. The number of phenols is 4. The molecule has 1 aliphatic heterocycles. The summed E-state index contributed by atoms with van der Waals surface area (Å²) in [5.41, 5.74) is 1.77. The van der Waals surface area contributed by atoms with Gasteiger partial charge in [0.05, 0.1) is 5.57 Å². The van der Waals surface area contributed by atoms with Gasteiger partial charge in [0.1, 0.15) is 29.6 Å². The monoisotopic (exact) mass is 356 g/mol. The summed E-state index contributed by atoms with van der Waals surface area (Å²) in [4.78, 5) is 11.3. The number of hydrogen-bond donors (Lipinski definition) is 4. The normalized spacial score (nSPS) is 13.8. The molecule has 7 heteroatoms. The third kappa shape index (κ3) is 3.72. The second-order valence-electron chi connectivity index (χ2n) is 5.73. The lowest BCUT2D eigenvalue weighted by Crippen LogP contribution is -2.11. The maximum Gasteiger partial charge on any atom is 0.310 e. The highest BCUT2D eigenvalue weighted by molar-refractivity contribution is 5.88. The first-order chi connectivity index (χ1) is 12.3. The third-order valence-corrected chi connectivity index (χ3v) is 3.62. The van der Waals surface area contributed by atoms with E-state index in [9.17, 15) is 25.2 Å². The molecule has 0 aliphatic carbocycles. The van der Waals surface area contributed by atoms with Crippen molar-refractivity contribution in [2.24, 2.45) is 0 Å². The van der Waals surface area contributed by atoms with Crippen molar-refractivity contribution in [3.63, 3.8) is 0 Å². The van der Waals surface area contributed by atoms with Gasteiger partial charge in [0.2, 0.25) is 0 Å². The summed E-state index contributed by atoms with van der Waals surface area (Å²) in [6.45, 7) is 1.25. The number of allylic oxidation sites excluding steroid dienone is 2. The molecule has 0 unspecified atom stereocenters. The van der Waals surface area contributed by atoms with Gasteiger partial charge < -0.3 is 29.9 Å². The van der Waals surface area contributed by atoms with E-state index in [1.54, 1.807) is 6.08 Å². The summed E-state index contributed by atoms with van der Waals surface area (Å²) >= 11 is 0. The molecule has 0 aromatic heterocycles. The minimum atomic E-state index is -0.589. The number of benzene rings is 2. The molecule has 7 nitrogen and oxygen atoms in total. The molecule has 2 aromatic rings. The van der Waals surface area contributed by atoms with Gasteiger partial charge in [-0.1, -0.05) is 0 Å². The molecule has 0 amide bonds. The van der Waals surface area contributed by atoms with Crippen molar-refractivity contribution in [2.45, 2.75) is 6.92 Å². The van der Waals surface area contributed by atoms with Crippen molar-refractivity contribution in [2.75, 3.05) is 6.61 Å². The number of hydrogen-bond acceptors (Lipinski definition) is 7. The molecule has 134 valence electrons. The Hall–Kier alpha value is -3.61. The second-order valence-corrected chi connectivity index (χ2v) is 5.73. The number of esters is 1. The van der Waals surface area contributed by atoms with Gasteiger partial charge in [-0.05, 0) is 47.0 Å². The Kier molecular flexibility index (Phi) is 4.45. The molecule has 1 aliphatic rings. The van der Waals surface area contributed by atoms with Crippen LogP contribution in [0.3, 0.4) is 0 Å². The van der Waals surface area contributed by atoms with Crippen molar-refractivity contribution in [3.8, 4) is 23.0 Å². The van der Waals surface area contributed by atoms with Crippen molar-refractivity contribution in [3.05, 3.63) is 59.5 Å². The lowest BCUT2D eigenvalue weighted by atomic mass is 9.97. The van der Waals surface area contributed by atoms with E-state index in [0.29, 0.717) is 22.3 Å². The molecule has 1 heterocycles. The molecule has 0 saturated heterocycles. The molecule has 2 aromatic carbocycles. The van der Waals surface area contributed by atoms with Gasteiger partial charge in [-0.25, -0.2) is 0 Å². The first kappa shape index (κ1) is 17.2. The van der Waals surface area contributed by atoms with Crippen LogP contribution in [0.1, 0.15) is 18.1 Å². The van der Waals surface area contributed by atoms with Gasteiger partial charge in [-0.2, -0.15) is 0 Å². The van der Waals surface area contributed by atoms with Crippen molar-refractivity contribution in [1.29, 1.82) is 0 Å². The predicted octanol–water partition coefficient (Wildman–Crippen LogP) is 2.85. The van der Waals surface area contributed by atoms with E-state index in [4.69, 9.17) is 9.47 Å². The van der Waals surface area contributed by atoms with Crippen molar-refractivity contribution >= 4 is 17.1 Å². The highest BCUT2D eigenvalue weighted by atomic mass is 16.7. The SMILES string of the molecule is CC(=O)OC1=C(c2cc(O)cc(O)c2)C=C(c2cc(O)cc(O)c2)CO1. The topological polar surface area (TPSA) is 116 Å². The van der Waals surface area contributed by atoms with Gasteiger partial charge in [-0.15, -0.1) is 0 Å². The van der Waals surface area contributed by atoms with E-state index >= 15 is 0 Å². The first-order valence-electron chi connectivity index (χ1n) is 7.64. The Morgan fingerprint density at radius 3 is 1.88 bits per heavy atom.